The van der Waals surface area contributed by atoms with Gasteiger partial charge in [0.1, 0.15) is 0 Å². The Morgan fingerprint density at radius 3 is 1.41 bits per heavy atom. The van der Waals surface area contributed by atoms with Crippen LogP contribution in [0.15, 0.2) is 200 Å². The van der Waals surface area contributed by atoms with Crippen molar-refractivity contribution in [3.63, 3.8) is 0 Å². The zero-order valence-corrected chi connectivity index (χ0v) is 30.2. The van der Waals surface area contributed by atoms with Crippen LogP contribution in [0.3, 0.4) is 0 Å². The summed E-state index contributed by atoms with van der Waals surface area (Å²) in [6, 6.07) is 73.8. The van der Waals surface area contributed by atoms with Crippen molar-refractivity contribution in [1.82, 2.24) is 0 Å². The highest BCUT2D eigenvalue weighted by Gasteiger charge is 2.18. The molecule has 1 aromatic heterocycles. The van der Waals surface area contributed by atoms with Crippen molar-refractivity contribution in [2.75, 3.05) is 4.90 Å². The van der Waals surface area contributed by atoms with Crippen molar-refractivity contribution in [2.45, 2.75) is 0 Å². The summed E-state index contributed by atoms with van der Waals surface area (Å²) in [5.74, 6) is 0. The fourth-order valence-electron chi connectivity index (χ4n) is 8.61. The van der Waals surface area contributed by atoms with Gasteiger partial charge in [0.25, 0.3) is 0 Å². The third kappa shape index (κ3) is 4.85. The Bertz CT molecular complexity index is 3340. The predicted molar refractivity (Wildman–Crippen MR) is 237 cm³/mol. The Hall–Kier alpha value is -6.74. The molecule has 2 heteroatoms. The van der Waals surface area contributed by atoms with Crippen molar-refractivity contribution in [2.24, 2.45) is 0 Å². The molecule has 11 rings (SSSR count). The van der Waals surface area contributed by atoms with E-state index in [0.717, 1.165) is 17.1 Å². The zero-order valence-electron chi connectivity index (χ0n) is 29.4. The molecule has 11 aromatic rings. The molecule has 0 atom stereocenters. The molecule has 0 aliphatic carbocycles. The van der Waals surface area contributed by atoms with Gasteiger partial charge in [0.15, 0.2) is 0 Å². The second-order valence-corrected chi connectivity index (χ2v) is 15.1. The molecule has 0 N–H and O–H groups in total. The Morgan fingerprint density at radius 2 is 0.741 bits per heavy atom. The molecule has 252 valence electrons. The maximum absolute atomic E-state index is 2.46. The molecule has 0 fully saturated rings. The highest BCUT2D eigenvalue weighted by atomic mass is 32.1. The van der Waals surface area contributed by atoms with Crippen molar-refractivity contribution in [1.29, 1.82) is 0 Å². The maximum Gasteiger partial charge on any atom is 0.0540 e. The molecular weight excluding hydrogens is 671 g/mol. The first-order chi connectivity index (χ1) is 26.8. The second-order valence-electron chi connectivity index (χ2n) is 14.0. The lowest BCUT2D eigenvalue weighted by molar-refractivity contribution is 1.30. The molecule has 0 spiro atoms. The van der Waals surface area contributed by atoms with Gasteiger partial charge >= 0.3 is 0 Å². The molecule has 1 heterocycles. The number of para-hydroxylation sites is 1. The molecule has 0 aliphatic rings. The minimum absolute atomic E-state index is 1.11. The summed E-state index contributed by atoms with van der Waals surface area (Å²) in [6.07, 6.45) is 0. The molecule has 0 amide bonds. The lowest BCUT2D eigenvalue weighted by atomic mass is 9.93. The molecule has 0 radical (unpaired) electrons. The first-order valence-corrected chi connectivity index (χ1v) is 19.3. The molecule has 10 aromatic carbocycles. The summed E-state index contributed by atoms with van der Waals surface area (Å²) in [4.78, 5) is 2.42. The van der Waals surface area contributed by atoms with Crippen LogP contribution in [0.1, 0.15) is 0 Å². The summed E-state index contributed by atoms with van der Waals surface area (Å²) < 4.78 is 2.61. The smallest absolute Gasteiger partial charge is 0.0540 e. The molecule has 1 nitrogen and oxygen atoms in total. The van der Waals surface area contributed by atoms with E-state index in [1.54, 1.807) is 0 Å². The van der Waals surface area contributed by atoms with E-state index in [1.165, 1.54) is 84.8 Å². The Morgan fingerprint density at radius 1 is 0.259 bits per heavy atom. The van der Waals surface area contributed by atoms with Crippen LogP contribution in [0, 0.1) is 0 Å². The van der Waals surface area contributed by atoms with Gasteiger partial charge in [0, 0.05) is 36.9 Å². The Labute approximate surface area is 316 Å². The van der Waals surface area contributed by atoms with E-state index >= 15 is 0 Å². The fraction of sp³-hybridized carbons (Fsp3) is 0. The van der Waals surface area contributed by atoms with Crippen molar-refractivity contribution >= 4 is 113 Å². The average molecular weight is 704 g/mol. The minimum atomic E-state index is 1.11. The standard InChI is InChI=1S/C52H33NS/c1-2-17-35(18-3-1)53(50-27-14-16-34-15-4-5-19-37(34)50)36-29-30-44-46(31-36)42-24-10-8-22-40(42)38-20-6-7-21-39(38)41-23-9-11-25-43(41)47-32-49-45-26-12-13-28-51(45)54-52(49)33-48(44)47/h1-33H. The van der Waals surface area contributed by atoms with Gasteiger partial charge in [-0.15, -0.1) is 11.3 Å². The number of hydrogen-bond donors (Lipinski definition) is 0. The monoisotopic (exact) mass is 703 g/mol. The molecular formula is C52H33NS. The third-order valence-corrected chi connectivity index (χ3v) is 12.2. The Kier molecular flexibility index (Phi) is 7.11. The van der Waals surface area contributed by atoms with E-state index in [1.807, 2.05) is 11.3 Å². The van der Waals surface area contributed by atoms with Gasteiger partial charge in [0.05, 0.1) is 5.69 Å². The number of thiophene rings is 1. The van der Waals surface area contributed by atoms with Crippen molar-refractivity contribution < 1.29 is 0 Å². The third-order valence-electron chi connectivity index (χ3n) is 11.0. The van der Waals surface area contributed by atoms with E-state index in [4.69, 9.17) is 0 Å². The van der Waals surface area contributed by atoms with Gasteiger partial charge in [-0.05, 0) is 108 Å². The highest BCUT2D eigenvalue weighted by molar-refractivity contribution is 7.25. The molecule has 0 bridgehead atoms. The van der Waals surface area contributed by atoms with Crippen molar-refractivity contribution in [3.8, 4) is 0 Å². The molecule has 0 aliphatic heterocycles. The van der Waals surface area contributed by atoms with E-state index in [-0.39, 0.29) is 0 Å². The van der Waals surface area contributed by atoms with E-state index in [2.05, 4.69) is 205 Å². The van der Waals surface area contributed by atoms with Gasteiger partial charge in [-0.2, -0.15) is 0 Å². The van der Waals surface area contributed by atoms with Crippen LogP contribution in [0.4, 0.5) is 17.1 Å². The SMILES string of the molecule is c1ccc(N(c2ccc3c(c2)c2ccccc2c2ccccc2c2ccccc2c2cc4c(cc32)sc2ccccc24)c2cccc3ccccc23)cc1. The van der Waals surface area contributed by atoms with Crippen LogP contribution >= 0.6 is 11.3 Å². The first-order valence-electron chi connectivity index (χ1n) is 18.5. The van der Waals surface area contributed by atoms with Gasteiger partial charge < -0.3 is 4.90 Å². The lowest BCUT2D eigenvalue weighted by Gasteiger charge is -2.27. The fourth-order valence-corrected chi connectivity index (χ4v) is 9.74. The zero-order chi connectivity index (χ0) is 35.6. The summed E-state index contributed by atoms with van der Waals surface area (Å²) in [6.45, 7) is 0. The maximum atomic E-state index is 2.46. The molecule has 0 saturated heterocycles. The first kappa shape index (κ1) is 30.8. The molecule has 0 unspecified atom stereocenters. The van der Waals surface area contributed by atoms with Gasteiger partial charge in [-0.25, -0.2) is 0 Å². The van der Waals surface area contributed by atoms with Crippen LogP contribution in [0.25, 0.3) is 84.8 Å². The summed E-state index contributed by atoms with van der Waals surface area (Å²) in [5, 5.41) is 17.4. The summed E-state index contributed by atoms with van der Waals surface area (Å²) in [5.41, 5.74) is 3.38. The number of rotatable bonds is 3. The van der Waals surface area contributed by atoms with Gasteiger partial charge in [-0.3, -0.25) is 0 Å². The van der Waals surface area contributed by atoms with Crippen LogP contribution in [-0.2, 0) is 0 Å². The predicted octanol–water partition coefficient (Wildman–Crippen LogP) is 15.6. The quantitative estimate of drug-likeness (QED) is 0.177. The van der Waals surface area contributed by atoms with Crippen LogP contribution in [-0.4, -0.2) is 0 Å². The topological polar surface area (TPSA) is 3.24 Å². The number of hydrogen-bond acceptors (Lipinski definition) is 2. The van der Waals surface area contributed by atoms with Crippen LogP contribution in [0.5, 0.6) is 0 Å². The highest BCUT2D eigenvalue weighted by Crippen LogP contribution is 2.44. The second kappa shape index (κ2) is 12.4. The van der Waals surface area contributed by atoms with Crippen LogP contribution < -0.4 is 4.90 Å². The van der Waals surface area contributed by atoms with Crippen LogP contribution in [0.2, 0.25) is 0 Å². The largest absolute Gasteiger partial charge is 0.310 e. The minimum Gasteiger partial charge on any atom is -0.310 e. The Balaban J connectivity index is 1.37. The number of anilines is 3. The van der Waals surface area contributed by atoms with E-state index < -0.39 is 0 Å². The molecule has 0 saturated carbocycles. The van der Waals surface area contributed by atoms with E-state index in [0.29, 0.717) is 0 Å². The number of nitrogens with zero attached hydrogens (tertiary/aromatic N) is 1. The average Bonchev–Trinajstić information content (AvgIpc) is 3.61. The summed E-state index contributed by atoms with van der Waals surface area (Å²) in [7, 11) is 0. The number of benzene rings is 9. The van der Waals surface area contributed by atoms with Gasteiger partial charge in [-0.1, -0.05) is 152 Å². The molecule has 54 heavy (non-hydrogen) atoms. The van der Waals surface area contributed by atoms with Crippen molar-refractivity contribution in [3.05, 3.63) is 200 Å². The normalized spacial score (nSPS) is 11.7. The van der Waals surface area contributed by atoms with Gasteiger partial charge in [0.2, 0.25) is 0 Å². The summed E-state index contributed by atoms with van der Waals surface area (Å²) >= 11 is 1.88. The lowest BCUT2D eigenvalue weighted by Crippen LogP contribution is -2.10. The number of fused-ring (bicyclic) bond motifs is 14. The van der Waals surface area contributed by atoms with E-state index in [9.17, 15) is 0 Å².